The second-order valence-corrected chi connectivity index (χ2v) is 7.46. The molecular weight excluding hydrogens is 364 g/mol. The van der Waals surface area contributed by atoms with Crippen molar-refractivity contribution in [3.63, 3.8) is 0 Å². The molecule has 27 heavy (non-hydrogen) atoms. The minimum atomic E-state index is -0.226. The third-order valence-corrected chi connectivity index (χ3v) is 4.71. The summed E-state index contributed by atoms with van der Waals surface area (Å²) in [5.41, 5.74) is 1.13. The summed E-state index contributed by atoms with van der Waals surface area (Å²) >= 11 is 1.34. The molecule has 1 aromatic carbocycles. The van der Waals surface area contributed by atoms with Gasteiger partial charge in [-0.25, -0.2) is 9.67 Å². The predicted molar refractivity (Wildman–Crippen MR) is 102 cm³/mol. The van der Waals surface area contributed by atoms with Crippen molar-refractivity contribution >= 4 is 22.8 Å². The third kappa shape index (κ3) is 3.77. The van der Waals surface area contributed by atoms with Crippen LogP contribution >= 0.6 is 11.8 Å². The molecule has 0 aliphatic rings. The summed E-state index contributed by atoms with van der Waals surface area (Å²) in [6.07, 6.45) is 2.30. The van der Waals surface area contributed by atoms with Crippen LogP contribution in [0.15, 0.2) is 51.0 Å². The van der Waals surface area contributed by atoms with Crippen LogP contribution in [0.25, 0.3) is 16.7 Å². The standard InChI is InChI=1S/C18H18N6O2S/c1-11(2)8-14-20-15(26-23-14)10-27-18-21-16-13(17(25)22-18)9-19-24(16)12-6-4-3-5-7-12/h3-7,9,11H,8,10H2,1-2H3,(H,21,22,25). The lowest BCUT2D eigenvalue weighted by molar-refractivity contribution is 0.382. The number of aromatic amines is 1. The molecule has 4 aromatic rings. The number of hydrogen-bond donors (Lipinski definition) is 1. The van der Waals surface area contributed by atoms with E-state index >= 15 is 0 Å². The molecule has 0 atom stereocenters. The van der Waals surface area contributed by atoms with Crippen LogP contribution in [0.3, 0.4) is 0 Å². The summed E-state index contributed by atoms with van der Waals surface area (Å²) in [5.74, 6) is 2.09. The van der Waals surface area contributed by atoms with Gasteiger partial charge in [-0.15, -0.1) is 0 Å². The van der Waals surface area contributed by atoms with Gasteiger partial charge in [0.25, 0.3) is 5.56 Å². The number of nitrogens with one attached hydrogen (secondary N) is 1. The molecule has 4 rings (SSSR count). The Bertz CT molecular complexity index is 1120. The quantitative estimate of drug-likeness (QED) is 0.404. The Morgan fingerprint density at radius 1 is 1.22 bits per heavy atom. The second-order valence-electron chi connectivity index (χ2n) is 6.49. The number of fused-ring (bicyclic) bond motifs is 1. The lowest BCUT2D eigenvalue weighted by Gasteiger charge is -2.03. The van der Waals surface area contributed by atoms with Crippen LogP contribution in [0.5, 0.6) is 0 Å². The summed E-state index contributed by atoms with van der Waals surface area (Å²) in [5, 5.41) is 9.20. The van der Waals surface area contributed by atoms with Gasteiger partial charge in [0.1, 0.15) is 5.39 Å². The van der Waals surface area contributed by atoms with Crippen molar-refractivity contribution in [2.24, 2.45) is 5.92 Å². The summed E-state index contributed by atoms with van der Waals surface area (Å²) in [4.78, 5) is 24.1. The van der Waals surface area contributed by atoms with Crippen LogP contribution in [-0.4, -0.2) is 29.9 Å². The number of para-hydroxylation sites is 1. The number of nitrogens with zero attached hydrogens (tertiary/aromatic N) is 5. The molecule has 0 radical (unpaired) electrons. The SMILES string of the molecule is CC(C)Cc1noc(CSc2nc3c(cnn3-c3ccccc3)c(=O)[nH]2)n1. The van der Waals surface area contributed by atoms with Gasteiger partial charge in [0.05, 0.1) is 17.6 Å². The smallest absolute Gasteiger partial charge is 0.262 e. The fraction of sp³-hybridized carbons (Fsp3) is 0.278. The Kier molecular flexibility index (Phi) is 4.76. The van der Waals surface area contributed by atoms with Gasteiger partial charge < -0.3 is 9.51 Å². The Balaban J connectivity index is 1.59. The van der Waals surface area contributed by atoms with Gasteiger partial charge in [0.2, 0.25) is 5.89 Å². The first-order valence-electron chi connectivity index (χ1n) is 8.58. The van der Waals surface area contributed by atoms with Crippen molar-refractivity contribution in [3.8, 4) is 5.69 Å². The number of H-pyrrole nitrogens is 1. The molecule has 138 valence electrons. The fourth-order valence-corrected chi connectivity index (χ4v) is 3.35. The number of hydrogen-bond acceptors (Lipinski definition) is 7. The van der Waals surface area contributed by atoms with Crippen LogP contribution in [0.2, 0.25) is 0 Å². The van der Waals surface area contributed by atoms with Crippen LogP contribution < -0.4 is 5.56 Å². The minimum Gasteiger partial charge on any atom is -0.338 e. The van der Waals surface area contributed by atoms with Crippen molar-refractivity contribution in [1.29, 1.82) is 0 Å². The van der Waals surface area contributed by atoms with E-state index in [1.165, 1.54) is 18.0 Å². The molecule has 3 heterocycles. The highest BCUT2D eigenvalue weighted by molar-refractivity contribution is 7.98. The molecule has 0 saturated heterocycles. The highest BCUT2D eigenvalue weighted by Crippen LogP contribution is 2.20. The Labute approximate surface area is 159 Å². The van der Waals surface area contributed by atoms with Gasteiger partial charge in [-0.1, -0.05) is 49.0 Å². The van der Waals surface area contributed by atoms with Gasteiger partial charge in [0.15, 0.2) is 16.6 Å². The molecule has 0 spiro atoms. The highest BCUT2D eigenvalue weighted by Gasteiger charge is 2.13. The number of aromatic nitrogens is 6. The fourth-order valence-electron chi connectivity index (χ4n) is 2.65. The molecule has 9 heteroatoms. The molecule has 0 aliphatic carbocycles. The molecule has 3 aromatic heterocycles. The number of rotatable bonds is 6. The van der Waals surface area contributed by atoms with E-state index in [-0.39, 0.29) is 5.56 Å². The van der Waals surface area contributed by atoms with E-state index in [1.807, 2.05) is 30.3 Å². The van der Waals surface area contributed by atoms with Crippen molar-refractivity contribution in [2.75, 3.05) is 0 Å². The van der Waals surface area contributed by atoms with Crippen LogP contribution in [0, 0.1) is 5.92 Å². The van der Waals surface area contributed by atoms with Crippen molar-refractivity contribution < 1.29 is 4.52 Å². The van der Waals surface area contributed by atoms with Crippen LogP contribution in [-0.2, 0) is 12.2 Å². The lowest BCUT2D eigenvalue weighted by Crippen LogP contribution is -2.09. The molecule has 0 saturated carbocycles. The monoisotopic (exact) mass is 382 g/mol. The van der Waals surface area contributed by atoms with Gasteiger partial charge in [-0.3, -0.25) is 4.79 Å². The number of benzene rings is 1. The molecule has 0 unspecified atom stereocenters. The average molecular weight is 382 g/mol. The minimum absolute atomic E-state index is 0.226. The zero-order chi connectivity index (χ0) is 18.8. The Morgan fingerprint density at radius 2 is 2.04 bits per heavy atom. The maximum atomic E-state index is 12.4. The molecular formula is C18H18N6O2S. The molecule has 8 nitrogen and oxygen atoms in total. The average Bonchev–Trinajstić information content (AvgIpc) is 3.27. The zero-order valence-electron chi connectivity index (χ0n) is 14.9. The summed E-state index contributed by atoms with van der Waals surface area (Å²) < 4.78 is 6.92. The maximum absolute atomic E-state index is 12.4. The predicted octanol–water partition coefficient (Wildman–Crippen LogP) is 2.98. The zero-order valence-corrected chi connectivity index (χ0v) is 15.7. The van der Waals surface area contributed by atoms with E-state index in [9.17, 15) is 4.79 Å². The Morgan fingerprint density at radius 3 is 2.81 bits per heavy atom. The molecule has 0 bridgehead atoms. The lowest BCUT2D eigenvalue weighted by atomic mass is 10.1. The topological polar surface area (TPSA) is 102 Å². The van der Waals surface area contributed by atoms with Gasteiger partial charge in [-0.2, -0.15) is 10.1 Å². The Hall–Kier alpha value is -2.94. The maximum Gasteiger partial charge on any atom is 0.262 e. The molecule has 0 fully saturated rings. The molecule has 1 N–H and O–H groups in total. The van der Waals surface area contributed by atoms with E-state index in [0.717, 1.165) is 12.1 Å². The summed E-state index contributed by atoms with van der Waals surface area (Å²) in [6.45, 7) is 4.20. The van der Waals surface area contributed by atoms with E-state index in [1.54, 1.807) is 4.68 Å². The van der Waals surface area contributed by atoms with Crippen molar-refractivity contribution in [2.45, 2.75) is 31.2 Å². The first-order chi connectivity index (χ1) is 13.1. The first-order valence-corrected chi connectivity index (χ1v) is 9.56. The van der Waals surface area contributed by atoms with E-state index in [2.05, 4.69) is 39.1 Å². The van der Waals surface area contributed by atoms with Crippen molar-refractivity contribution in [3.05, 3.63) is 58.6 Å². The van der Waals surface area contributed by atoms with E-state index < -0.39 is 0 Å². The molecule has 0 aliphatic heterocycles. The van der Waals surface area contributed by atoms with Gasteiger partial charge >= 0.3 is 0 Å². The van der Waals surface area contributed by atoms with Gasteiger partial charge in [-0.05, 0) is 18.1 Å². The third-order valence-electron chi connectivity index (χ3n) is 3.85. The van der Waals surface area contributed by atoms with Crippen LogP contribution in [0.4, 0.5) is 0 Å². The summed E-state index contributed by atoms with van der Waals surface area (Å²) in [7, 11) is 0. The van der Waals surface area contributed by atoms with Gasteiger partial charge in [0, 0.05) is 6.42 Å². The summed E-state index contributed by atoms with van der Waals surface area (Å²) in [6, 6.07) is 9.58. The largest absolute Gasteiger partial charge is 0.338 e. The van der Waals surface area contributed by atoms with E-state index in [4.69, 9.17) is 4.52 Å². The van der Waals surface area contributed by atoms with Crippen LogP contribution in [0.1, 0.15) is 25.6 Å². The van der Waals surface area contributed by atoms with Crippen molar-refractivity contribution in [1.82, 2.24) is 29.9 Å². The number of thioether (sulfide) groups is 1. The highest BCUT2D eigenvalue weighted by atomic mass is 32.2. The molecule has 0 amide bonds. The van der Waals surface area contributed by atoms with E-state index in [0.29, 0.717) is 39.6 Å². The second kappa shape index (κ2) is 7.36. The first kappa shape index (κ1) is 17.5. The normalized spacial score (nSPS) is 11.5.